The van der Waals surface area contributed by atoms with Crippen molar-refractivity contribution in [1.82, 2.24) is 10.3 Å². The zero-order valence-corrected chi connectivity index (χ0v) is 11.8. The van der Waals surface area contributed by atoms with Crippen LogP contribution in [0.2, 0.25) is 0 Å². The van der Waals surface area contributed by atoms with E-state index in [1.165, 1.54) is 12.1 Å². The lowest BCUT2D eigenvalue weighted by Gasteiger charge is -2.07. The Morgan fingerprint density at radius 1 is 1.47 bits per heavy atom. The number of hydrogen-bond acceptors (Lipinski definition) is 2. The SMILES string of the molecule is Cc1cc(N)[nH]c1C(=O)NCc1cc(F)ccc1Br. The highest BCUT2D eigenvalue weighted by atomic mass is 79.9. The fourth-order valence-electron chi connectivity index (χ4n) is 1.76. The third kappa shape index (κ3) is 3.14. The number of aromatic nitrogens is 1. The molecule has 2 aromatic rings. The molecule has 0 saturated heterocycles. The highest BCUT2D eigenvalue weighted by Gasteiger charge is 2.12. The van der Waals surface area contributed by atoms with Gasteiger partial charge in [-0.1, -0.05) is 15.9 Å². The standard InChI is InChI=1S/C13H13BrFN3O/c1-7-4-11(16)18-12(7)13(19)17-6-8-5-9(15)2-3-10(8)14/h2-5,18H,6,16H2,1H3,(H,17,19). The van der Waals surface area contributed by atoms with Crippen LogP contribution < -0.4 is 11.1 Å². The Bertz CT molecular complexity index is 624. The van der Waals surface area contributed by atoms with Gasteiger partial charge >= 0.3 is 0 Å². The molecule has 0 aliphatic heterocycles. The summed E-state index contributed by atoms with van der Waals surface area (Å²) in [6.07, 6.45) is 0. The number of rotatable bonds is 3. The maximum atomic E-state index is 13.1. The van der Waals surface area contributed by atoms with Crippen LogP contribution in [0.1, 0.15) is 21.6 Å². The molecule has 4 N–H and O–H groups in total. The second-order valence-electron chi connectivity index (χ2n) is 4.20. The minimum atomic E-state index is -0.340. The smallest absolute Gasteiger partial charge is 0.268 e. The van der Waals surface area contributed by atoms with E-state index in [4.69, 9.17) is 5.73 Å². The van der Waals surface area contributed by atoms with Gasteiger partial charge in [-0.2, -0.15) is 0 Å². The summed E-state index contributed by atoms with van der Waals surface area (Å²) in [7, 11) is 0. The number of aromatic amines is 1. The van der Waals surface area contributed by atoms with Crippen molar-refractivity contribution in [3.8, 4) is 0 Å². The molecule has 0 radical (unpaired) electrons. The van der Waals surface area contributed by atoms with Gasteiger partial charge in [0.05, 0.1) is 0 Å². The summed E-state index contributed by atoms with van der Waals surface area (Å²) < 4.78 is 13.9. The largest absolute Gasteiger partial charge is 0.385 e. The predicted octanol–water partition coefficient (Wildman–Crippen LogP) is 2.74. The van der Waals surface area contributed by atoms with Crippen LogP contribution >= 0.6 is 15.9 Å². The molecule has 6 heteroatoms. The van der Waals surface area contributed by atoms with E-state index in [0.29, 0.717) is 17.1 Å². The molecule has 0 aliphatic carbocycles. The average Bonchev–Trinajstić information content (AvgIpc) is 2.69. The summed E-state index contributed by atoms with van der Waals surface area (Å²) in [5.74, 6) is -0.173. The van der Waals surface area contributed by atoms with Crippen molar-refractivity contribution in [3.63, 3.8) is 0 Å². The number of carbonyl (C=O) groups is 1. The van der Waals surface area contributed by atoms with Gasteiger partial charge in [-0.3, -0.25) is 4.79 Å². The number of halogens is 2. The fourth-order valence-corrected chi connectivity index (χ4v) is 2.15. The van der Waals surface area contributed by atoms with Crippen LogP contribution in [0.4, 0.5) is 10.2 Å². The zero-order chi connectivity index (χ0) is 14.0. The van der Waals surface area contributed by atoms with Gasteiger partial charge in [-0.15, -0.1) is 0 Å². The highest BCUT2D eigenvalue weighted by molar-refractivity contribution is 9.10. The molecule has 1 amide bonds. The molecular formula is C13H13BrFN3O. The third-order valence-corrected chi connectivity index (χ3v) is 3.48. The first-order valence-corrected chi connectivity index (χ1v) is 6.44. The number of H-pyrrole nitrogens is 1. The van der Waals surface area contributed by atoms with Crippen molar-refractivity contribution in [1.29, 1.82) is 0 Å². The molecule has 0 bridgehead atoms. The van der Waals surface area contributed by atoms with Gasteiger partial charge in [0.1, 0.15) is 17.3 Å². The van der Waals surface area contributed by atoms with Crippen molar-refractivity contribution < 1.29 is 9.18 Å². The lowest BCUT2D eigenvalue weighted by atomic mass is 10.2. The first-order valence-electron chi connectivity index (χ1n) is 5.64. The van der Waals surface area contributed by atoms with Gasteiger partial charge in [0.15, 0.2) is 0 Å². The van der Waals surface area contributed by atoms with Crippen molar-refractivity contribution in [2.45, 2.75) is 13.5 Å². The number of amides is 1. The topological polar surface area (TPSA) is 70.9 Å². The minimum absolute atomic E-state index is 0.232. The monoisotopic (exact) mass is 325 g/mol. The first kappa shape index (κ1) is 13.6. The number of benzene rings is 1. The van der Waals surface area contributed by atoms with Crippen LogP contribution in [0.3, 0.4) is 0 Å². The van der Waals surface area contributed by atoms with Gasteiger partial charge < -0.3 is 16.0 Å². The summed E-state index contributed by atoms with van der Waals surface area (Å²) in [4.78, 5) is 14.7. The number of anilines is 1. The Hall–Kier alpha value is -1.82. The van der Waals surface area contributed by atoms with Crippen molar-refractivity contribution in [2.75, 3.05) is 5.73 Å². The Labute approximate surface area is 118 Å². The molecule has 1 heterocycles. The van der Waals surface area contributed by atoms with E-state index in [2.05, 4.69) is 26.2 Å². The predicted molar refractivity (Wildman–Crippen MR) is 75.2 cm³/mol. The molecule has 19 heavy (non-hydrogen) atoms. The van der Waals surface area contributed by atoms with Gasteiger partial charge in [0, 0.05) is 11.0 Å². The molecule has 1 aromatic carbocycles. The second-order valence-corrected chi connectivity index (χ2v) is 5.06. The van der Waals surface area contributed by atoms with Crippen LogP contribution in [-0.4, -0.2) is 10.9 Å². The Balaban J connectivity index is 2.08. The maximum Gasteiger partial charge on any atom is 0.268 e. The first-order chi connectivity index (χ1) is 8.97. The second kappa shape index (κ2) is 5.44. The average molecular weight is 326 g/mol. The quantitative estimate of drug-likeness (QED) is 0.812. The Morgan fingerprint density at radius 3 is 2.84 bits per heavy atom. The van der Waals surface area contributed by atoms with Gasteiger partial charge in [0.2, 0.25) is 0 Å². The molecule has 0 aliphatic rings. The molecule has 100 valence electrons. The normalized spacial score (nSPS) is 10.5. The van der Waals surface area contributed by atoms with Crippen LogP contribution in [0.5, 0.6) is 0 Å². The van der Waals surface area contributed by atoms with E-state index in [-0.39, 0.29) is 18.3 Å². The third-order valence-electron chi connectivity index (χ3n) is 2.71. The van der Waals surface area contributed by atoms with E-state index in [1.54, 1.807) is 19.1 Å². The van der Waals surface area contributed by atoms with Gasteiger partial charge in [0.25, 0.3) is 5.91 Å². The summed E-state index contributed by atoms with van der Waals surface area (Å²) in [6.45, 7) is 2.02. The van der Waals surface area contributed by atoms with Gasteiger partial charge in [-0.25, -0.2) is 4.39 Å². The molecule has 0 saturated carbocycles. The maximum absolute atomic E-state index is 13.1. The van der Waals surface area contributed by atoms with E-state index in [0.717, 1.165) is 10.0 Å². The Kier molecular flexibility index (Phi) is 3.90. The molecule has 1 aromatic heterocycles. The summed E-state index contributed by atoms with van der Waals surface area (Å²) in [5, 5.41) is 2.72. The molecule has 0 fully saturated rings. The molecular weight excluding hydrogens is 313 g/mol. The minimum Gasteiger partial charge on any atom is -0.385 e. The molecule has 0 atom stereocenters. The van der Waals surface area contributed by atoms with Crippen molar-refractivity contribution >= 4 is 27.7 Å². The van der Waals surface area contributed by atoms with Crippen molar-refractivity contribution in [2.24, 2.45) is 0 Å². The zero-order valence-electron chi connectivity index (χ0n) is 10.3. The van der Waals surface area contributed by atoms with Crippen LogP contribution in [0.25, 0.3) is 0 Å². The van der Waals surface area contributed by atoms with Crippen LogP contribution in [0, 0.1) is 12.7 Å². The highest BCUT2D eigenvalue weighted by Crippen LogP contribution is 2.18. The number of hydrogen-bond donors (Lipinski definition) is 3. The van der Waals surface area contributed by atoms with E-state index in [9.17, 15) is 9.18 Å². The number of aryl methyl sites for hydroxylation is 1. The van der Waals surface area contributed by atoms with Crippen LogP contribution in [-0.2, 0) is 6.54 Å². The summed E-state index contributed by atoms with van der Waals surface area (Å²) >= 11 is 3.31. The van der Waals surface area contributed by atoms with Crippen molar-refractivity contribution in [3.05, 3.63) is 51.4 Å². The number of carbonyl (C=O) groups excluding carboxylic acids is 1. The number of nitrogen functional groups attached to an aromatic ring is 1. The molecule has 0 spiro atoms. The van der Waals surface area contributed by atoms with E-state index in [1.807, 2.05) is 0 Å². The molecule has 2 rings (SSSR count). The van der Waals surface area contributed by atoms with Gasteiger partial charge in [-0.05, 0) is 42.3 Å². The lowest BCUT2D eigenvalue weighted by molar-refractivity contribution is 0.0946. The summed E-state index contributed by atoms with van der Waals surface area (Å²) in [5.41, 5.74) is 7.44. The van der Waals surface area contributed by atoms with Crippen LogP contribution in [0.15, 0.2) is 28.7 Å². The molecule has 4 nitrogen and oxygen atoms in total. The number of nitrogens with two attached hydrogens (primary N) is 1. The fraction of sp³-hybridized carbons (Fsp3) is 0.154. The lowest BCUT2D eigenvalue weighted by Crippen LogP contribution is -2.24. The summed E-state index contributed by atoms with van der Waals surface area (Å²) in [6, 6.07) is 6.02. The van der Waals surface area contributed by atoms with E-state index < -0.39 is 0 Å². The van der Waals surface area contributed by atoms with E-state index >= 15 is 0 Å². The number of nitrogens with one attached hydrogen (secondary N) is 2. The molecule has 0 unspecified atom stereocenters. The Morgan fingerprint density at radius 2 is 2.21 bits per heavy atom.